The molecule has 1 N–H and O–H groups in total. The van der Waals surface area contributed by atoms with E-state index >= 15 is 0 Å². The molecule has 1 unspecified atom stereocenters. The first-order chi connectivity index (χ1) is 7.14. The molecule has 0 saturated heterocycles. The summed E-state index contributed by atoms with van der Waals surface area (Å²) < 4.78 is 21.6. The van der Waals surface area contributed by atoms with E-state index in [0.717, 1.165) is 5.56 Å². The summed E-state index contributed by atoms with van der Waals surface area (Å²) in [5, 5.41) is 8.51. The molecule has 1 atom stereocenters. The fourth-order valence-electron chi connectivity index (χ4n) is 1.01. The Balaban J connectivity index is 2.39. The van der Waals surface area contributed by atoms with Gasteiger partial charge in [0.2, 0.25) is 0 Å². The van der Waals surface area contributed by atoms with Gasteiger partial charge in [-0.3, -0.25) is 4.57 Å². The summed E-state index contributed by atoms with van der Waals surface area (Å²) in [6, 6.07) is 9.43. The highest BCUT2D eigenvalue weighted by Gasteiger charge is 2.16. The van der Waals surface area contributed by atoms with Gasteiger partial charge in [0, 0.05) is 6.66 Å². The Labute approximate surface area is 89.4 Å². The minimum absolute atomic E-state index is 0.0303. The molecule has 15 heavy (non-hydrogen) atoms. The van der Waals surface area contributed by atoms with E-state index in [4.69, 9.17) is 14.2 Å². The molecule has 1 rings (SSSR count). The summed E-state index contributed by atoms with van der Waals surface area (Å²) in [6.07, 6.45) is 0. The Morgan fingerprint density at radius 3 is 2.53 bits per heavy atom. The van der Waals surface area contributed by atoms with Gasteiger partial charge in [-0.2, -0.15) is 0 Å². The molecule has 4 nitrogen and oxygen atoms in total. The van der Waals surface area contributed by atoms with Crippen LogP contribution in [0.4, 0.5) is 0 Å². The fraction of sp³-hybridized carbons (Fsp3) is 0.400. The summed E-state index contributed by atoms with van der Waals surface area (Å²) in [5.41, 5.74) is 0.937. The van der Waals surface area contributed by atoms with Gasteiger partial charge in [0.05, 0.1) is 19.8 Å². The molecule has 0 aromatic heterocycles. The van der Waals surface area contributed by atoms with Gasteiger partial charge >= 0.3 is 7.60 Å². The van der Waals surface area contributed by atoms with Crippen molar-refractivity contribution in [1.82, 2.24) is 0 Å². The number of rotatable bonds is 6. The first-order valence-corrected chi connectivity index (χ1v) is 6.64. The number of aliphatic hydroxyl groups is 1. The van der Waals surface area contributed by atoms with Crippen molar-refractivity contribution in [2.24, 2.45) is 0 Å². The first kappa shape index (κ1) is 12.4. The number of aliphatic hydroxyl groups excluding tert-OH is 1. The average molecular weight is 230 g/mol. The van der Waals surface area contributed by atoms with E-state index in [1.807, 2.05) is 30.3 Å². The molecule has 0 bridgehead atoms. The van der Waals surface area contributed by atoms with E-state index in [1.165, 1.54) is 6.66 Å². The summed E-state index contributed by atoms with van der Waals surface area (Å²) in [5.74, 6) is 0. The third-order valence-electron chi connectivity index (χ3n) is 1.73. The SMILES string of the molecule is CP(=O)(OCCO)OCc1ccccc1. The summed E-state index contributed by atoms with van der Waals surface area (Å²) in [6.45, 7) is 1.51. The van der Waals surface area contributed by atoms with Crippen LogP contribution in [0.2, 0.25) is 0 Å². The summed E-state index contributed by atoms with van der Waals surface area (Å²) in [4.78, 5) is 0. The molecule has 0 heterocycles. The summed E-state index contributed by atoms with van der Waals surface area (Å²) >= 11 is 0. The van der Waals surface area contributed by atoms with Gasteiger partial charge in [-0.25, -0.2) is 0 Å². The van der Waals surface area contributed by atoms with Crippen molar-refractivity contribution >= 4 is 7.60 Å². The van der Waals surface area contributed by atoms with Crippen LogP contribution in [0.15, 0.2) is 30.3 Å². The molecular weight excluding hydrogens is 215 g/mol. The average Bonchev–Trinajstić information content (AvgIpc) is 2.25. The highest BCUT2D eigenvalue weighted by atomic mass is 31.2. The predicted molar refractivity (Wildman–Crippen MR) is 57.8 cm³/mol. The van der Waals surface area contributed by atoms with E-state index in [9.17, 15) is 4.57 Å². The lowest BCUT2D eigenvalue weighted by Crippen LogP contribution is -1.99. The van der Waals surface area contributed by atoms with Crippen LogP contribution in [-0.2, 0) is 20.2 Å². The zero-order valence-corrected chi connectivity index (χ0v) is 9.52. The van der Waals surface area contributed by atoms with Crippen molar-refractivity contribution < 1.29 is 18.7 Å². The van der Waals surface area contributed by atoms with E-state index < -0.39 is 7.60 Å². The molecule has 0 aliphatic rings. The molecule has 0 amide bonds. The zero-order valence-electron chi connectivity index (χ0n) is 8.63. The maximum absolute atomic E-state index is 11.6. The van der Waals surface area contributed by atoms with Crippen LogP contribution in [0.3, 0.4) is 0 Å². The van der Waals surface area contributed by atoms with Crippen molar-refractivity contribution in [1.29, 1.82) is 0 Å². The molecule has 0 fully saturated rings. The molecular formula is C10H15O4P. The van der Waals surface area contributed by atoms with Gasteiger partial charge in [0.25, 0.3) is 0 Å². The minimum Gasteiger partial charge on any atom is -0.394 e. The Bertz CT molecular complexity index is 325. The van der Waals surface area contributed by atoms with Gasteiger partial charge in [-0.1, -0.05) is 30.3 Å². The highest BCUT2D eigenvalue weighted by molar-refractivity contribution is 7.52. The minimum atomic E-state index is -3.03. The van der Waals surface area contributed by atoms with Gasteiger partial charge in [-0.05, 0) is 5.56 Å². The normalized spacial score (nSPS) is 14.8. The second-order valence-corrected chi connectivity index (χ2v) is 5.15. The lowest BCUT2D eigenvalue weighted by atomic mass is 10.2. The highest BCUT2D eigenvalue weighted by Crippen LogP contribution is 2.44. The van der Waals surface area contributed by atoms with Crippen LogP contribution in [-0.4, -0.2) is 25.0 Å². The molecule has 0 aliphatic carbocycles. The fourth-order valence-corrected chi connectivity index (χ4v) is 1.88. The van der Waals surface area contributed by atoms with Crippen LogP contribution < -0.4 is 0 Å². The van der Waals surface area contributed by atoms with Gasteiger partial charge in [0.15, 0.2) is 0 Å². The van der Waals surface area contributed by atoms with E-state index in [1.54, 1.807) is 0 Å². The second-order valence-electron chi connectivity index (χ2n) is 3.09. The van der Waals surface area contributed by atoms with Crippen molar-refractivity contribution in [3.05, 3.63) is 35.9 Å². The molecule has 1 aromatic rings. The Morgan fingerprint density at radius 2 is 1.93 bits per heavy atom. The molecule has 0 saturated carbocycles. The lowest BCUT2D eigenvalue weighted by Gasteiger charge is -2.13. The summed E-state index contributed by atoms with van der Waals surface area (Å²) in [7, 11) is -3.03. The van der Waals surface area contributed by atoms with Crippen molar-refractivity contribution in [2.45, 2.75) is 6.61 Å². The molecule has 84 valence electrons. The van der Waals surface area contributed by atoms with Crippen LogP contribution in [0, 0.1) is 0 Å². The molecule has 0 aliphatic heterocycles. The Morgan fingerprint density at radius 1 is 1.27 bits per heavy atom. The molecule has 0 spiro atoms. The quantitative estimate of drug-likeness (QED) is 0.760. The van der Waals surface area contributed by atoms with Crippen LogP contribution >= 0.6 is 7.60 Å². The first-order valence-electron chi connectivity index (χ1n) is 4.65. The van der Waals surface area contributed by atoms with Gasteiger partial charge in [0.1, 0.15) is 0 Å². The Kier molecular flexibility index (Phi) is 4.99. The van der Waals surface area contributed by atoms with Crippen LogP contribution in [0.25, 0.3) is 0 Å². The largest absolute Gasteiger partial charge is 0.394 e. The van der Waals surface area contributed by atoms with Crippen molar-refractivity contribution in [2.75, 3.05) is 19.9 Å². The van der Waals surface area contributed by atoms with Crippen LogP contribution in [0.1, 0.15) is 5.56 Å². The van der Waals surface area contributed by atoms with E-state index in [-0.39, 0.29) is 19.8 Å². The van der Waals surface area contributed by atoms with Gasteiger partial charge in [-0.15, -0.1) is 0 Å². The topological polar surface area (TPSA) is 55.8 Å². The van der Waals surface area contributed by atoms with Crippen molar-refractivity contribution in [3.63, 3.8) is 0 Å². The van der Waals surface area contributed by atoms with E-state index in [2.05, 4.69) is 0 Å². The lowest BCUT2D eigenvalue weighted by molar-refractivity contribution is 0.160. The Hall–Kier alpha value is -0.670. The number of hydrogen-bond donors (Lipinski definition) is 1. The maximum atomic E-state index is 11.6. The third-order valence-corrected chi connectivity index (χ3v) is 2.98. The predicted octanol–water partition coefficient (Wildman–Crippen LogP) is 2.04. The van der Waals surface area contributed by atoms with Gasteiger partial charge < -0.3 is 14.2 Å². The standard InChI is InChI=1S/C10H15O4P/c1-15(12,13-8-7-11)14-9-10-5-3-2-4-6-10/h2-6,11H,7-9H2,1H3. The zero-order chi connectivity index (χ0) is 11.1. The molecule has 1 aromatic carbocycles. The van der Waals surface area contributed by atoms with Crippen LogP contribution in [0.5, 0.6) is 0 Å². The second kappa shape index (κ2) is 6.03. The van der Waals surface area contributed by atoms with E-state index in [0.29, 0.717) is 0 Å². The smallest absolute Gasteiger partial charge is 0.328 e. The monoisotopic (exact) mass is 230 g/mol. The molecule has 5 heteroatoms. The number of hydrogen-bond acceptors (Lipinski definition) is 4. The number of benzene rings is 1. The maximum Gasteiger partial charge on any atom is 0.328 e. The van der Waals surface area contributed by atoms with Crippen molar-refractivity contribution in [3.8, 4) is 0 Å². The third kappa shape index (κ3) is 5.09. The molecule has 0 radical (unpaired) electrons.